The molecule has 1 amide bonds. The first-order valence-electron chi connectivity index (χ1n) is 11.7. The van der Waals surface area contributed by atoms with E-state index in [4.69, 9.17) is 9.47 Å². The molecule has 2 unspecified atom stereocenters. The van der Waals surface area contributed by atoms with E-state index in [0.717, 1.165) is 31.5 Å². The molecule has 0 radical (unpaired) electrons. The van der Waals surface area contributed by atoms with Crippen LogP contribution in [0, 0.1) is 5.92 Å². The minimum atomic E-state index is -0.380. The number of nitrogens with zero attached hydrogens (tertiary/aromatic N) is 1. The molecule has 4 rings (SSSR count). The molecule has 0 saturated carbocycles. The second-order valence-electron chi connectivity index (χ2n) is 9.09. The Morgan fingerprint density at radius 1 is 1.06 bits per heavy atom. The standard InChI is InChI=1S/C27H34N2O3/c1-20(2)13-14-24(22-9-5-3-6-10-22)32-27-26(23-11-7-4-8-12-23)29(15-16-31-27)19-21-17-25(30)28-18-21/h3-12,17,20,24,26-27H,13-16,18-19H2,1-2H3,(H,28,30)/t24-,26?,27?/m1/s1. The average Bonchev–Trinajstić information content (AvgIpc) is 3.22. The fourth-order valence-electron chi connectivity index (χ4n) is 4.48. The second kappa shape index (κ2) is 10.9. The van der Waals surface area contributed by atoms with Crippen molar-refractivity contribution in [2.75, 3.05) is 26.2 Å². The number of hydrogen-bond donors (Lipinski definition) is 1. The van der Waals surface area contributed by atoms with Gasteiger partial charge < -0.3 is 14.8 Å². The Balaban J connectivity index is 1.59. The van der Waals surface area contributed by atoms with Crippen molar-refractivity contribution in [3.05, 3.63) is 83.4 Å². The molecule has 3 atom stereocenters. The monoisotopic (exact) mass is 434 g/mol. The van der Waals surface area contributed by atoms with Gasteiger partial charge in [0.25, 0.3) is 0 Å². The van der Waals surface area contributed by atoms with Gasteiger partial charge in [0.05, 0.1) is 18.8 Å². The van der Waals surface area contributed by atoms with Gasteiger partial charge in [0.1, 0.15) is 0 Å². The van der Waals surface area contributed by atoms with Crippen LogP contribution < -0.4 is 5.32 Å². The summed E-state index contributed by atoms with van der Waals surface area (Å²) in [7, 11) is 0. The van der Waals surface area contributed by atoms with Crippen molar-refractivity contribution >= 4 is 5.91 Å². The summed E-state index contributed by atoms with van der Waals surface area (Å²) in [5, 5.41) is 2.89. The van der Waals surface area contributed by atoms with Crippen molar-refractivity contribution in [2.24, 2.45) is 5.92 Å². The summed E-state index contributed by atoms with van der Waals surface area (Å²) >= 11 is 0. The number of carbonyl (C=O) groups excluding carboxylic acids is 1. The Hall–Kier alpha value is -2.47. The van der Waals surface area contributed by atoms with Crippen molar-refractivity contribution in [3.63, 3.8) is 0 Å². The highest BCUT2D eigenvalue weighted by molar-refractivity contribution is 5.91. The summed E-state index contributed by atoms with van der Waals surface area (Å²) < 4.78 is 13.0. The van der Waals surface area contributed by atoms with E-state index >= 15 is 0 Å². The van der Waals surface area contributed by atoms with Crippen LogP contribution in [-0.2, 0) is 14.3 Å². The molecule has 1 fully saturated rings. The molecule has 1 saturated heterocycles. The normalized spacial score (nSPS) is 22.6. The molecule has 2 aromatic carbocycles. The van der Waals surface area contributed by atoms with Crippen molar-refractivity contribution in [1.29, 1.82) is 0 Å². The predicted molar refractivity (Wildman–Crippen MR) is 126 cm³/mol. The SMILES string of the molecule is CC(C)CC[C@@H](OC1OCCN(CC2=CC(=O)NC2)C1c1ccccc1)c1ccccc1. The van der Waals surface area contributed by atoms with Crippen LogP contribution >= 0.6 is 0 Å². The molecule has 0 bridgehead atoms. The van der Waals surface area contributed by atoms with Crippen LogP contribution in [0.4, 0.5) is 0 Å². The van der Waals surface area contributed by atoms with E-state index in [1.807, 2.05) is 12.1 Å². The van der Waals surface area contributed by atoms with Crippen molar-refractivity contribution in [3.8, 4) is 0 Å². The first kappa shape index (κ1) is 22.7. The van der Waals surface area contributed by atoms with E-state index in [0.29, 0.717) is 19.1 Å². The summed E-state index contributed by atoms with van der Waals surface area (Å²) in [6.45, 7) is 7.24. The van der Waals surface area contributed by atoms with Crippen LogP contribution in [0.15, 0.2) is 72.3 Å². The van der Waals surface area contributed by atoms with Crippen LogP contribution in [0.1, 0.15) is 50.0 Å². The lowest BCUT2D eigenvalue weighted by atomic mass is 9.98. The van der Waals surface area contributed by atoms with Crippen molar-refractivity contribution < 1.29 is 14.3 Å². The zero-order chi connectivity index (χ0) is 22.3. The Labute approximate surface area is 191 Å². The Morgan fingerprint density at radius 3 is 2.44 bits per heavy atom. The molecule has 170 valence electrons. The van der Waals surface area contributed by atoms with E-state index in [1.54, 1.807) is 6.08 Å². The smallest absolute Gasteiger partial charge is 0.244 e. The summed E-state index contributed by atoms with van der Waals surface area (Å²) in [5.74, 6) is 0.605. The summed E-state index contributed by atoms with van der Waals surface area (Å²) in [6, 6.07) is 20.9. The number of morpholine rings is 1. The van der Waals surface area contributed by atoms with E-state index < -0.39 is 0 Å². The topological polar surface area (TPSA) is 50.8 Å². The Bertz CT molecular complexity index is 898. The molecule has 5 nitrogen and oxygen atoms in total. The molecule has 0 aromatic heterocycles. The van der Waals surface area contributed by atoms with E-state index in [9.17, 15) is 4.79 Å². The van der Waals surface area contributed by atoms with Crippen LogP contribution in [0.2, 0.25) is 0 Å². The average molecular weight is 435 g/mol. The lowest BCUT2D eigenvalue weighted by Gasteiger charge is -2.42. The van der Waals surface area contributed by atoms with E-state index in [-0.39, 0.29) is 24.3 Å². The molecule has 32 heavy (non-hydrogen) atoms. The van der Waals surface area contributed by atoms with Gasteiger partial charge in [0.2, 0.25) is 5.91 Å². The predicted octanol–water partition coefficient (Wildman–Crippen LogP) is 4.64. The lowest BCUT2D eigenvalue weighted by molar-refractivity contribution is -0.232. The third-order valence-corrected chi connectivity index (χ3v) is 6.16. The number of hydrogen-bond acceptors (Lipinski definition) is 4. The molecule has 2 aliphatic heterocycles. The lowest BCUT2D eigenvalue weighted by Crippen LogP contribution is -2.47. The van der Waals surface area contributed by atoms with Crippen LogP contribution in [0.3, 0.4) is 0 Å². The van der Waals surface area contributed by atoms with Crippen LogP contribution in [0.5, 0.6) is 0 Å². The maximum absolute atomic E-state index is 11.7. The summed E-state index contributed by atoms with van der Waals surface area (Å²) in [6.07, 6.45) is 3.36. The van der Waals surface area contributed by atoms with E-state index in [2.05, 4.69) is 72.6 Å². The molecule has 2 aliphatic rings. The fraction of sp³-hybridized carbons (Fsp3) is 0.444. The van der Waals surface area contributed by atoms with Crippen molar-refractivity contribution in [2.45, 2.75) is 45.1 Å². The van der Waals surface area contributed by atoms with Gasteiger partial charge in [-0.05, 0) is 35.5 Å². The Morgan fingerprint density at radius 2 is 1.78 bits per heavy atom. The van der Waals surface area contributed by atoms with Gasteiger partial charge in [-0.2, -0.15) is 0 Å². The largest absolute Gasteiger partial charge is 0.349 e. The van der Waals surface area contributed by atoms with Gasteiger partial charge in [-0.25, -0.2) is 0 Å². The highest BCUT2D eigenvalue weighted by atomic mass is 16.7. The number of ether oxygens (including phenoxy) is 2. The summed E-state index contributed by atoms with van der Waals surface area (Å²) in [5.41, 5.74) is 3.47. The second-order valence-corrected chi connectivity index (χ2v) is 9.09. The highest BCUT2D eigenvalue weighted by Crippen LogP contribution is 2.36. The fourth-order valence-corrected chi connectivity index (χ4v) is 4.48. The van der Waals surface area contributed by atoms with Gasteiger partial charge in [-0.1, -0.05) is 74.5 Å². The molecule has 1 N–H and O–H groups in total. The minimum Gasteiger partial charge on any atom is -0.349 e. The van der Waals surface area contributed by atoms with Gasteiger partial charge in [0.15, 0.2) is 6.29 Å². The number of benzene rings is 2. The summed E-state index contributed by atoms with van der Waals surface area (Å²) in [4.78, 5) is 14.1. The molecule has 2 aromatic rings. The zero-order valence-corrected chi connectivity index (χ0v) is 19.1. The maximum Gasteiger partial charge on any atom is 0.244 e. The van der Waals surface area contributed by atoms with Crippen LogP contribution in [0.25, 0.3) is 0 Å². The molecular weight excluding hydrogens is 400 g/mol. The molecule has 5 heteroatoms. The molecule has 0 aliphatic carbocycles. The number of amides is 1. The van der Waals surface area contributed by atoms with Crippen LogP contribution in [-0.4, -0.2) is 43.3 Å². The quantitative estimate of drug-likeness (QED) is 0.625. The van der Waals surface area contributed by atoms with Gasteiger partial charge in [-0.3, -0.25) is 9.69 Å². The van der Waals surface area contributed by atoms with Crippen molar-refractivity contribution in [1.82, 2.24) is 10.2 Å². The molecule has 2 heterocycles. The first-order chi connectivity index (χ1) is 15.6. The maximum atomic E-state index is 11.7. The highest BCUT2D eigenvalue weighted by Gasteiger charge is 2.36. The third kappa shape index (κ3) is 5.85. The Kier molecular flexibility index (Phi) is 7.74. The zero-order valence-electron chi connectivity index (χ0n) is 19.1. The van der Waals surface area contributed by atoms with Gasteiger partial charge >= 0.3 is 0 Å². The minimum absolute atomic E-state index is 0.00449. The van der Waals surface area contributed by atoms with E-state index in [1.165, 1.54) is 11.1 Å². The van der Waals surface area contributed by atoms with Gasteiger partial charge in [0, 0.05) is 25.7 Å². The third-order valence-electron chi connectivity index (χ3n) is 6.16. The number of rotatable bonds is 9. The molecular formula is C27H34N2O3. The number of nitrogens with one attached hydrogen (secondary N) is 1. The first-order valence-corrected chi connectivity index (χ1v) is 11.7. The van der Waals surface area contributed by atoms with Gasteiger partial charge in [-0.15, -0.1) is 0 Å². The molecule has 0 spiro atoms. The number of carbonyl (C=O) groups is 1.